The zero-order valence-electron chi connectivity index (χ0n) is 24.5. The van der Waals surface area contributed by atoms with Crippen LogP contribution in [0.3, 0.4) is 0 Å². The van der Waals surface area contributed by atoms with Gasteiger partial charge in [0, 0.05) is 6.42 Å². The molecule has 44 heavy (non-hydrogen) atoms. The number of carbonyl (C=O) groups is 4. The standard InChI is InChI=1S/C34H35N3O7/c1-22-10-9-11-23(18-22)19-27(36-33(40)30(24-12-5-3-6-13-24)25-14-7-4-8-15-25)32(39)37-28(31(35)38)21-43-20-26-16-17-29(44-26)34(41)42-2/h3-18,27-28,30H,19-21H2,1-2H3,(H2,35,38)(H,36,40)(H,37,39)/t27-,28-/m0/s1. The second kappa shape index (κ2) is 15.3. The highest BCUT2D eigenvalue weighted by Crippen LogP contribution is 2.25. The number of nitrogens with two attached hydrogens (primary N) is 1. The molecule has 3 amide bonds. The Morgan fingerprint density at radius 1 is 0.795 bits per heavy atom. The van der Waals surface area contributed by atoms with Gasteiger partial charge in [-0.2, -0.15) is 0 Å². The number of ether oxygens (including phenoxy) is 2. The van der Waals surface area contributed by atoms with Crippen LogP contribution in [-0.2, 0) is 36.9 Å². The Hall–Kier alpha value is -5.22. The van der Waals surface area contributed by atoms with Crippen LogP contribution >= 0.6 is 0 Å². The number of amides is 3. The van der Waals surface area contributed by atoms with Crippen LogP contribution in [0.15, 0.2) is 101 Å². The van der Waals surface area contributed by atoms with E-state index in [-0.39, 0.29) is 31.3 Å². The second-order valence-corrected chi connectivity index (χ2v) is 10.2. The third-order valence-corrected chi connectivity index (χ3v) is 6.92. The van der Waals surface area contributed by atoms with E-state index in [1.807, 2.05) is 91.9 Å². The molecule has 0 spiro atoms. The van der Waals surface area contributed by atoms with Crippen LogP contribution in [0.1, 0.15) is 44.5 Å². The van der Waals surface area contributed by atoms with E-state index in [1.54, 1.807) is 0 Å². The summed E-state index contributed by atoms with van der Waals surface area (Å²) in [6.07, 6.45) is 0.171. The summed E-state index contributed by atoms with van der Waals surface area (Å²) in [6.45, 7) is 1.58. The third kappa shape index (κ3) is 8.65. The number of carbonyl (C=O) groups excluding carboxylic acids is 4. The maximum atomic E-state index is 13.9. The average Bonchev–Trinajstić information content (AvgIpc) is 3.50. The number of benzene rings is 3. The number of methoxy groups -OCH3 is 1. The zero-order chi connectivity index (χ0) is 31.5. The fraction of sp³-hybridized carbons (Fsp3) is 0.235. The van der Waals surface area contributed by atoms with Gasteiger partial charge in [-0.25, -0.2) is 4.79 Å². The summed E-state index contributed by atoms with van der Waals surface area (Å²) in [5.41, 5.74) is 8.95. The van der Waals surface area contributed by atoms with Gasteiger partial charge in [-0.15, -0.1) is 0 Å². The van der Waals surface area contributed by atoms with Crippen molar-refractivity contribution >= 4 is 23.7 Å². The summed E-state index contributed by atoms with van der Waals surface area (Å²) >= 11 is 0. The molecule has 10 nitrogen and oxygen atoms in total. The molecule has 1 heterocycles. The number of esters is 1. The van der Waals surface area contributed by atoms with Gasteiger partial charge in [-0.3, -0.25) is 14.4 Å². The summed E-state index contributed by atoms with van der Waals surface area (Å²) in [4.78, 5) is 51.5. The van der Waals surface area contributed by atoms with Crippen LogP contribution in [0.25, 0.3) is 0 Å². The molecule has 0 unspecified atom stereocenters. The van der Waals surface area contributed by atoms with Crippen LogP contribution in [-0.4, -0.2) is 49.5 Å². The highest BCUT2D eigenvalue weighted by atomic mass is 16.5. The van der Waals surface area contributed by atoms with Crippen LogP contribution in [0.2, 0.25) is 0 Å². The Balaban J connectivity index is 1.51. The van der Waals surface area contributed by atoms with Gasteiger partial charge in [0.1, 0.15) is 24.5 Å². The molecule has 0 aliphatic rings. The Morgan fingerprint density at radius 2 is 1.43 bits per heavy atom. The van der Waals surface area contributed by atoms with E-state index < -0.39 is 35.8 Å². The summed E-state index contributed by atoms with van der Waals surface area (Å²) in [5.74, 6) is -2.78. The van der Waals surface area contributed by atoms with Crippen molar-refractivity contribution in [1.29, 1.82) is 0 Å². The van der Waals surface area contributed by atoms with Gasteiger partial charge in [0.15, 0.2) is 0 Å². The Labute approximate surface area is 255 Å². The molecule has 4 aromatic rings. The van der Waals surface area contributed by atoms with Crippen molar-refractivity contribution in [3.63, 3.8) is 0 Å². The van der Waals surface area contributed by atoms with Crippen molar-refractivity contribution in [3.05, 3.63) is 131 Å². The number of aryl methyl sites for hydroxylation is 1. The molecule has 4 N–H and O–H groups in total. The first-order valence-corrected chi connectivity index (χ1v) is 14.1. The summed E-state index contributed by atoms with van der Waals surface area (Å²) in [7, 11) is 1.24. The predicted octanol–water partition coefficient (Wildman–Crippen LogP) is 3.42. The topological polar surface area (TPSA) is 150 Å². The number of hydrogen-bond acceptors (Lipinski definition) is 7. The minimum Gasteiger partial charge on any atom is -0.463 e. The van der Waals surface area contributed by atoms with Crippen LogP contribution in [0.4, 0.5) is 0 Å². The van der Waals surface area contributed by atoms with Crippen LogP contribution < -0.4 is 16.4 Å². The van der Waals surface area contributed by atoms with E-state index in [0.29, 0.717) is 5.76 Å². The Kier molecular flexibility index (Phi) is 11.0. The lowest BCUT2D eigenvalue weighted by atomic mass is 9.90. The smallest absolute Gasteiger partial charge is 0.373 e. The van der Waals surface area contributed by atoms with E-state index in [4.69, 9.17) is 14.9 Å². The normalized spacial score (nSPS) is 12.2. The molecule has 4 rings (SSSR count). The third-order valence-electron chi connectivity index (χ3n) is 6.92. The first-order valence-electron chi connectivity index (χ1n) is 14.1. The monoisotopic (exact) mass is 597 g/mol. The minimum atomic E-state index is -1.20. The molecule has 0 aliphatic heterocycles. The molecule has 0 saturated carbocycles. The lowest BCUT2D eigenvalue weighted by Gasteiger charge is -2.25. The highest BCUT2D eigenvalue weighted by Gasteiger charge is 2.30. The predicted molar refractivity (Wildman–Crippen MR) is 162 cm³/mol. The quantitative estimate of drug-likeness (QED) is 0.189. The van der Waals surface area contributed by atoms with E-state index in [9.17, 15) is 19.2 Å². The molecular weight excluding hydrogens is 562 g/mol. The van der Waals surface area contributed by atoms with Gasteiger partial charge in [0.25, 0.3) is 0 Å². The maximum Gasteiger partial charge on any atom is 0.373 e. The highest BCUT2D eigenvalue weighted by molar-refractivity contribution is 5.94. The van der Waals surface area contributed by atoms with E-state index >= 15 is 0 Å². The first-order chi connectivity index (χ1) is 21.2. The van der Waals surface area contributed by atoms with Crippen LogP contribution in [0, 0.1) is 6.92 Å². The average molecular weight is 598 g/mol. The van der Waals surface area contributed by atoms with E-state index in [2.05, 4.69) is 15.4 Å². The van der Waals surface area contributed by atoms with Crippen molar-refractivity contribution in [3.8, 4) is 0 Å². The van der Waals surface area contributed by atoms with E-state index in [0.717, 1.165) is 22.3 Å². The molecule has 0 fully saturated rings. The molecule has 0 saturated heterocycles. The van der Waals surface area contributed by atoms with E-state index in [1.165, 1.54) is 19.2 Å². The molecule has 0 radical (unpaired) electrons. The largest absolute Gasteiger partial charge is 0.463 e. The maximum absolute atomic E-state index is 13.9. The molecule has 1 aromatic heterocycles. The zero-order valence-corrected chi connectivity index (χ0v) is 24.5. The van der Waals surface area contributed by atoms with Gasteiger partial charge in [0.05, 0.1) is 19.6 Å². The summed E-state index contributed by atoms with van der Waals surface area (Å²) in [5, 5.41) is 5.56. The van der Waals surface area contributed by atoms with Crippen molar-refractivity contribution in [2.45, 2.75) is 38.0 Å². The molecular formula is C34H35N3O7. The Morgan fingerprint density at radius 3 is 2.02 bits per heavy atom. The summed E-state index contributed by atoms with van der Waals surface area (Å²) in [6, 6.07) is 26.9. The fourth-order valence-corrected chi connectivity index (χ4v) is 4.74. The fourth-order valence-electron chi connectivity index (χ4n) is 4.74. The molecule has 10 heteroatoms. The lowest BCUT2D eigenvalue weighted by Crippen LogP contribution is -2.55. The first kappa shape index (κ1) is 31.7. The van der Waals surface area contributed by atoms with Crippen molar-refractivity contribution in [1.82, 2.24) is 10.6 Å². The number of furan rings is 1. The van der Waals surface area contributed by atoms with Crippen molar-refractivity contribution < 1.29 is 33.1 Å². The lowest BCUT2D eigenvalue weighted by molar-refractivity contribution is -0.132. The van der Waals surface area contributed by atoms with Gasteiger partial charge in [-0.05, 0) is 35.7 Å². The summed E-state index contributed by atoms with van der Waals surface area (Å²) < 4.78 is 15.6. The molecule has 3 aromatic carbocycles. The molecule has 0 bridgehead atoms. The molecule has 2 atom stereocenters. The van der Waals surface area contributed by atoms with Crippen molar-refractivity contribution in [2.75, 3.05) is 13.7 Å². The van der Waals surface area contributed by atoms with Crippen LogP contribution in [0.5, 0.6) is 0 Å². The van der Waals surface area contributed by atoms with Gasteiger partial charge in [-0.1, -0.05) is 90.5 Å². The number of nitrogens with one attached hydrogen (secondary N) is 2. The van der Waals surface area contributed by atoms with Gasteiger partial charge < -0.3 is 30.3 Å². The number of primary amides is 1. The SMILES string of the molecule is COC(=O)c1ccc(COC[C@H](NC(=O)[C@H](Cc2cccc(C)c2)NC(=O)C(c2ccccc2)c2ccccc2)C(N)=O)o1. The minimum absolute atomic E-state index is 0.00453. The van der Waals surface area contributed by atoms with Gasteiger partial charge >= 0.3 is 5.97 Å². The molecule has 0 aliphatic carbocycles. The number of rotatable bonds is 14. The molecule has 228 valence electrons. The van der Waals surface area contributed by atoms with Gasteiger partial charge in [0.2, 0.25) is 23.5 Å². The Bertz CT molecular complexity index is 1530. The van der Waals surface area contributed by atoms with Crippen molar-refractivity contribution in [2.24, 2.45) is 5.73 Å². The second-order valence-electron chi connectivity index (χ2n) is 10.2. The number of hydrogen-bond donors (Lipinski definition) is 3.